The van der Waals surface area contributed by atoms with Gasteiger partial charge in [0.05, 0.1) is 0 Å². The van der Waals surface area contributed by atoms with Gasteiger partial charge in [-0.25, -0.2) is 0 Å². The van der Waals surface area contributed by atoms with E-state index in [0.29, 0.717) is 0 Å². The fraction of sp³-hybridized carbons (Fsp3) is 1.00. The fourth-order valence-electron chi connectivity index (χ4n) is 4.55. The van der Waals surface area contributed by atoms with E-state index in [0.717, 1.165) is 30.3 Å². The van der Waals surface area contributed by atoms with Gasteiger partial charge in [-0.05, 0) is 37.1 Å². The van der Waals surface area contributed by atoms with E-state index in [4.69, 9.17) is 0 Å². The summed E-state index contributed by atoms with van der Waals surface area (Å²) < 4.78 is 0. The van der Waals surface area contributed by atoms with Gasteiger partial charge in [-0.1, -0.05) is 65.2 Å². The van der Waals surface area contributed by atoms with Crippen molar-refractivity contribution in [2.45, 2.75) is 84.1 Å². The Morgan fingerprint density at radius 1 is 0.944 bits per heavy atom. The highest BCUT2D eigenvalue weighted by molar-refractivity contribution is 4.86. The zero-order valence-electron chi connectivity index (χ0n) is 12.6. The molecule has 0 aromatic carbocycles. The van der Waals surface area contributed by atoms with E-state index in [1.165, 1.54) is 64.2 Å². The first-order chi connectivity index (χ1) is 8.85. The second kappa shape index (κ2) is 7.53. The van der Waals surface area contributed by atoms with E-state index >= 15 is 0 Å². The molecule has 0 heterocycles. The van der Waals surface area contributed by atoms with Gasteiger partial charge < -0.3 is 5.32 Å². The van der Waals surface area contributed by atoms with Crippen LogP contribution in [0, 0.1) is 17.8 Å². The summed E-state index contributed by atoms with van der Waals surface area (Å²) in [5.74, 6) is 3.02. The Balaban J connectivity index is 1.93. The summed E-state index contributed by atoms with van der Waals surface area (Å²) in [6, 6.07) is 0.823. The van der Waals surface area contributed by atoms with Crippen molar-refractivity contribution in [2.75, 3.05) is 6.54 Å². The molecular weight excluding hydrogens is 218 g/mol. The van der Waals surface area contributed by atoms with E-state index in [1.54, 1.807) is 0 Å². The molecule has 0 saturated heterocycles. The van der Waals surface area contributed by atoms with Crippen LogP contribution in [0.5, 0.6) is 0 Å². The van der Waals surface area contributed by atoms with Gasteiger partial charge in [0.15, 0.2) is 0 Å². The number of hydrogen-bond donors (Lipinski definition) is 1. The van der Waals surface area contributed by atoms with Gasteiger partial charge in [0.1, 0.15) is 0 Å². The Morgan fingerprint density at radius 2 is 1.61 bits per heavy atom. The molecule has 0 amide bonds. The molecule has 0 aromatic rings. The topological polar surface area (TPSA) is 12.0 Å². The molecule has 0 aliphatic heterocycles. The van der Waals surface area contributed by atoms with Crippen LogP contribution in [0.2, 0.25) is 0 Å². The van der Waals surface area contributed by atoms with Crippen molar-refractivity contribution in [1.29, 1.82) is 0 Å². The zero-order chi connectivity index (χ0) is 12.8. The lowest BCUT2D eigenvalue weighted by molar-refractivity contribution is 0.158. The molecule has 2 rings (SSSR count). The Morgan fingerprint density at radius 3 is 2.28 bits per heavy atom. The number of hydrogen-bond acceptors (Lipinski definition) is 1. The highest BCUT2D eigenvalue weighted by atomic mass is 14.9. The third-order valence-electron chi connectivity index (χ3n) is 5.54. The molecule has 1 heteroatoms. The molecule has 2 aliphatic rings. The van der Waals surface area contributed by atoms with Crippen LogP contribution in [0.1, 0.15) is 78.1 Å². The zero-order valence-corrected chi connectivity index (χ0v) is 12.6. The Kier molecular flexibility index (Phi) is 6.01. The minimum Gasteiger partial charge on any atom is -0.314 e. The highest BCUT2D eigenvalue weighted by Crippen LogP contribution is 2.38. The predicted molar refractivity (Wildman–Crippen MR) is 79.8 cm³/mol. The maximum atomic E-state index is 3.84. The van der Waals surface area contributed by atoms with E-state index in [-0.39, 0.29) is 0 Å². The molecule has 0 bridgehead atoms. The lowest BCUT2D eigenvalue weighted by atomic mass is 9.72. The predicted octanol–water partition coefficient (Wildman–Crippen LogP) is 4.76. The highest BCUT2D eigenvalue weighted by Gasteiger charge is 2.32. The molecule has 3 atom stereocenters. The van der Waals surface area contributed by atoms with Crippen molar-refractivity contribution in [3.8, 4) is 0 Å². The van der Waals surface area contributed by atoms with Crippen LogP contribution in [0.25, 0.3) is 0 Å². The summed E-state index contributed by atoms with van der Waals surface area (Å²) in [5, 5.41) is 3.84. The van der Waals surface area contributed by atoms with Gasteiger partial charge in [-0.3, -0.25) is 0 Å². The minimum atomic E-state index is 0.823. The van der Waals surface area contributed by atoms with Crippen LogP contribution in [0.15, 0.2) is 0 Å². The summed E-state index contributed by atoms with van der Waals surface area (Å²) in [6.07, 6.45) is 14.8. The van der Waals surface area contributed by atoms with Crippen molar-refractivity contribution in [2.24, 2.45) is 17.8 Å². The number of nitrogens with one attached hydrogen (secondary N) is 1. The van der Waals surface area contributed by atoms with E-state index in [9.17, 15) is 0 Å². The summed E-state index contributed by atoms with van der Waals surface area (Å²) in [5.41, 5.74) is 0. The van der Waals surface area contributed by atoms with Gasteiger partial charge in [-0.15, -0.1) is 0 Å². The summed E-state index contributed by atoms with van der Waals surface area (Å²) in [7, 11) is 0. The van der Waals surface area contributed by atoms with Crippen LogP contribution in [0.3, 0.4) is 0 Å². The summed E-state index contributed by atoms with van der Waals surface area (Å²) in [6.45, 7) is 5.84. The second-order valence-electron chi connectivity index (χ2n) is 6.67. The molecule has 106 valence electrons. The molecule has 2 saturated carbocycles. The smallest absolute Gasteiger partial charge is 0.0100 e. The fourth-order valence-corrected chi connectivity index (χ4v) is 4.55. The van der Waals surface area contributed by atoms with Gasteiger partial charge in [0.2, 0.25) is 0 Å². The first-order valence-corrected chi connectivity index (χ1v) is 8.58. The van der Waals surface area contributed by atoms with E-state index < -0.39 is 0 Å². The van der Waals surface area contributed by atoms with Crippen molar-refractivity contribution in [1.82, 2.24) is 5.32 Å². The molecule has 18 heavy (non-hydrogen) atoms. The molecular formula is C17H33N. The van der Waals surface area contributed by atoms with Crippen molar-refractivity contribution in [3.05, 3.63) is 0 Å². The maximum absolute atomic E-state index is 3.84. The van der Waals surface area contributed by atoms with Gasteiger partial charge in [0, 0.05) is 6.04 Å². The largest absolute Gasteiger partial charge is 0.314 e. The van der Waals surface area contributed by atoms with Crippen LogP contribution in [0.4, 0.5) is 0 Å². The average Bonchev–Trinajstić information content (AvgIpc) is 2.91. The first kappa shape index (κ1) is 14.4. The van der Waals surface area contributed by atoms with Crippen molar-refractivity contribution in [3.63, 3.8) is 0 Å². The van der Waals surface area contributed by atoms with E-state index in [2.05, 4.69) is 19.2 Å². The number of rotatable bonds is 6. The van der Waals surface area contributed by atoms with Crippen molar-refractivity contribution >= 4 is 0 Å². The van der Waals surface area contributed by atoms with E-state index in [1.807, 2.05) is 0 Å². The normalized spacial score (nSPS) is 31.7. The quantitative estimate of drug-likeness (QED) is 0.717. The maximum Gasteiger partial charge on any atom is 0.0100 e. The van der Waals surface area contributed by atoms with Gasteiger partial charge >= 0.3 is 0 Å². The molecule has 0 aromatic heterocycles. The van der Waals surface area contributed by atoms with Crippen LogP contribution in [-0.2, 0) is 0 Å². The Hall–Kier alpha value is -0.0400. The second-order valence-corrected chi connectivity index (χ2v) is 6.67. The first-order valence-electron chi connectivity index (χ1n) is 8.58. The molecule has 1 nitrogen and oxygen atoms in total. The van der Waals surface area contributed by atoms with Gasteiger partial charge in [-0.2, -0.15) is 0 Å². The third-order valence-corrected chi connectivity index (χ3v) is 5.54. The van der Waals surface area contributed by atoms with Crippen molar-refractivity contribution < 1.29 is 0 Å². The lowest BCUT2D eigenvalue weighted by Crippen LogP contribution is -2.42. The molecule has 2 fully saturated rings. The van der Waals surface area contributed by atoms with Gasteiger partial charge in [0.25, 0.3) is 0 Å². The standard InChI is InChI=1S/C17H33N/c1-3-15-11-7-8-12-16(15)17(18-4-2)13-14-9-5-6-10-14/h14-18H,3-13H2,1-2H3. The summed E-state index contributed by atoms with van der Waals surface area (Å²) >= 11 is 0. The molecule has 3 unspecified atom stereocenters. The summed E-state index contributed by atoms with van der Waals surface area (Å²) in [4.78, 5) is 0. The molecule has 2 aliphatic carbocycles. The Bertz CT molecular complexity index is 220. The molecule has 0 radical (unpaired) electrons. The SMILES string of the molecule is CCNC(CC1CCCC1)C1CCCCC1CC. The molecule has 1 N–H and O–H groups in total. The average molecular weight is 251 g/mol. The Labute approximate surface area is 114 Å². The third kappa shape index (κ3) is 3.73. The van der Waals surface area contributed by atoms with Crippen LogP contribution < -0.4 is 5.32 Å². The molecule has 0 spiro atoms. The monoisotopic (exact) mass is 251 g/mol. The minimum absolute atomic E-state index is 0.823. The lowest BCUT2D eigenvalue weighted by Gasteiger charge is -2.38. The van der Waals surface area contributed by atoms with Crippen LogP contribution >= 0.6 is 0 Å². The van der Waals surface area contributed by atoms with Crippen LogP contribution in [-0.4, -0.2) is 12.6 Å².